The predicted molar refractivity (Wildman–Crippen MR) is 287 cm³/mol. The van der Waals surface area contributed by atoms with Gasteiger partial charge in [-0.2, -0.15) is 0 Å². The molecule has 2 atom stereocenters. The fraction of sp³-hybridized carbons (Fsp3) is 0.617. The first-order valence-electron chi connectivity index (χ1n) is 26.7. The smallest absolute Gasteiger partial charge is 0.306 e. The molecule has 0 aliphatic rings. The minimum Gasteiger partial charge on any atom is -0.545 e. The van der Waals surface area contributed by atoms with Crippen molar-refractivity contribution in [2.75, 3.05) is 47.5 Å². The van der Waals surface area contributed by atoms with Gasteiger partial charge in [0.25, 0.3) is 0 Å². The number of carboxylic acids is 1. The van der Waals surface area contributed by atoms with Crippen molar-refractivity contribution < 1.29 is 42.9 Å². The van der Waals surface area contributed by atoms with E-state index in [1.807, 2.05) is 21.1 Å². The molecular weight excluding hydrogens is 863 g/mol. The van der Waals surface area contributed by atoms with Crippen molar-refractivity contribution in [3.8, 4) is 0 Å². The molecule has 0 aliphatic carbocycles. The van der Waals surface area contributed by atoms with Gasteiger partial charge in [-0.3, -0.25) is 9.59 Å². The van der Waals surface area contributed by atoms with Crippen LogP contribution in [0.15, 0.2) is 122 Å². The van der Waals surface area contributed by atoms with Gasteiger partial charge in [-0.05, 0) is 103 Å². The Kier molecular flexibility index (Phi) is 47.0. The van der Waals surface area contributed by atoms with E-state index >= 15 is 0 Å². The number of rotatable bonds is 47. The van der Waals surface area contributed by atoms with Gasteiger partial charge in [0, 0.05) is 12.8 Å². The highest BCUT2D eigenvalue weighted by molar-refractivity contribution is 5.70. The summed E-state index contributed by atoms with van der Waals surface area (Å²) in [5, 5.41) is 11.8. The van der Waals surface area contributed by atoms with Crippen LogP contribution in [-0.4, -0.2) is 82.3 Å². The first kappa shape index (κ1) is 64.7. The van der Waals surface area contributed by atoms with Crippen LogP contribution in [0.2, 0.25) is 0 Å². The van der Waals surface area contributed by atoms with Crippen LogP contribution in [0.5, 0.6) is 0 Å². The number of allylic oxidation sites excluding steroid dienone is 20. The number of quaternary nitrogens is 1. The fourth-order valence-corrected chi connectivity index (χ4v) is 6.65. The number of aliphatic carboxylic acids is 1. The molecule has 390 valence electrons. The lowest BCUT2D eigenvalue weighted by atomic mass is 10.1. The van der Waals surface area contributed by atoms with Crippen molar-refractivity contribution in [3.63, 3.8) is 0 Å². The third-order valence-corrected chi connectivity index (χ3v) is 10.7. The Morgan fingerprint density at radius 2 is 0.783 bits per heavy atom. The van der Waals surface area contributed by atoms with E-state index in [4.69, 9.17) is 18.9 Å². The summed E-state index contributed by atoms with van der Waals surface area (Å²) in [6.07, 6.45) is 66.7. The highest BCUT2D eigenvalue weighted by Crippen LogP contribution is 2.14. The van der Waals surface area contributed by atoms with Crippen molar-refractivity contribution in [1.82, 2.24) is 0 Å². The number of carboxylic acid groups (broad SMARTS) is 1. The average molecular weight is 960 g/mol. The number of hydrogen-bond donors (Lipinski definition) is 0. The van der Waals surface area contributed by atoms with Gasteiger partial charge in [0.15, 0.2) is 12.4 Å². The van der Waals surface area contributed by atoms with Gasteiger partial charge in [0.05, 0.1) is 40.3 Å². The maximum atomic E-state index is 12.8. The molecule has 0 rings (SSSR count). The Bertz CT molecular complexity index is 1540. The van der Waals surface area contributed by atoms with Gasteiger partial charge in [-0.15, -0.1) is 0 Å². The molecule has 0 N–H and O–H groups in total. The maximum absolute atomic E-state index is 12.8. The van der Waals surface area contributed by atoms with Gasteiger partial charge in [-0.1, -0.05) is 187 Å². The van der Waals surface area contributed by atoms with Crippen molar-refractivity contribution in [3.05, 3.63) is 122 Å². The van der Waals surface area contributed by atoms with Crippen LogP contribution >= 0.6 is 0 Å². The molecule has 9 nitrogen and oxygen atoms in total. The molecule has 0 heterocycles. The number of hydrogen-bond acceptors (Lipinski definition) is 8. The summed E-state index contributed by atoms with van der Waals surface area (Å²) in [6, 6.07) is 0. The fourth-order valence-electron chi connectivity index (χ4n) is 6.65. The molecule has 0 saturated heterocycles. The van der Waals surface area contributed by atoms with Crippen molar-refractivity contribution in [2.24, 2.45) is 0 Å². The lowest BCUT2D eigenvalue weighted by molar-refractivity contribution is -0.870. The number of ether oxygens (including phenoxy) is 4. The summed E-state index contributed by atoms with van der Waals surface area (Å²) in [7, 11) is 5.89. The number of likely N-dealkylation sites (N-methyl/N-ethyl adjacent to an activating group) is 1. The molecule has 0 saturated carbocycles. The summed E-state index contributed by atoms with van der Waals surface area (Å²) in [5.41, 5.74) is 0. The minimum atomic E-state index is -1.64. The summed E-state index contributed by atoms with van der Waals surface area (Å²) in [5.74, 6) is -2.37. The molecule has 9 heteroatoms. The zero-order valence-electron chi connectivity index (χ0n) is 44.1. The molecule has 0 spiro atoms. The van der Waals surface area contributed by atoms with E-state index in [1.165, 1.54) is 38.5 Å². The Labute approximate surface area is 421 Å². The van der Waals surface area contributed by atoms with Gasteiger partial charge in [0.1, 0.15) is 13.2 Å². The number of carbonyl (C=O) groups excluding carboxylic acids is 3. The topological polar surface area (TPSA) is 111 Å². The second-order valence-electron chi connectivity index (χ2n) is 18.4. The number of esters is 2. The summed E-state index contributed by atoms with van der Waals surface area (Å²) < 4.78 is 22.6. The molecule has 0 fully saturated rings. The van der Waals surface area contributed by atoms with E-state index < -0.39 is 24.3 Å². The van der Waals surface area contributed by atoms with Crippen LogP contribution in [0, 0.1) is 0 Å². The first-order chi connectivity index (χ1) is 33.6. The van der Waals surface area contributed by atoms with Crippen molar-refractivity contribution >= 4 is 17.9 Å². The van der Waals surface area contributed by atoms with Crippen LogP contribution in [0.4, 0.5) is 0 Å². The molecule has 0 bridgehead atoms. The Morgan fingerprint density at radius 3 is 1.19 bits per heavy atom. The minimum absolute atomic E-state index is 0.131. The van der Waals surface area contributed by atoms with Gasteiger partial charge in [0.2, 0.25) is 0 Å². The molecular formula is C60H97NO8. The van der Waals surface area contributed by atoms with Crippen LogP contribution in [0.25, 0.3) is 0 Å². The Balaban J connectivity index is 4.42. The highest BCUT2D eigenvalue weighted by Gasteiger charge is 2.21. The molecule has 69 heavy (non-hydrogen) atoms. The largest absolute Gasteiger partial charge is 0.545 e. The quantitative estimate of drug-likeness (QED) is 0.0195. The van der Waals surface area contributed by atoms with Gasteiger partial charge < -0.3 is 33.3 Å². The van der Waals surface area contributed by atoms with Crippen LogP contribution in [0.3, 0.4) is 0 Å². The monoisotopic (exact) mass is 960 g/mol. The number of nitrogens with zero attached hydrogens (tertiary/aromatic N) is 1. The van der Waals surface area contributed by atoms with E-state index in [1.54, 1.807) is 0 Å². The molecule has 0 aromatic rings. The van der Waals surface area contributed by atoms with Crippen molar-refractivity contribution in [1.29, 1.82) is 0 Å². The Morgan fingerprint density at radius 1 is 0.435 bits per heavy atom. The first-order valence-corrected chi connectivity index (χ1v) is 26.7. The van der Waals surface area contributed by atoms with Crippen LogP contribution in [-0.2, 0) is 33.3 Å². The van der Waals surface area contributed by atoms with Gasteiger partial charge in [-0.25, -0.2) is 0 Å². The van der Waals surface area contributed by atoms with Crippen LogP contribution in [0.1, 0.15) is 181 Å². The summed E-state index contributed by atoms with van der Waals surface area (Å²) >= 11 is 0. The third-order valence-electron chi connectivity index (χ3n) is 10.7. The average Bonchev–Trinajstić information content (AvgIpc) is 3.31. The SMILES string of the molecule is CC/C=C\C/C=C\C/C=C\C/C=C\C/C=C\C/C=C\CCCCC(=O)OC(COC(=O)CCCCCCCCCCCC/C=C\C/C=C\C/C=C\C/C=C\CC)COC(OCC[N+](C)(C)C)C(=O)[O-]. The lowest BCUT2D eigenvalue weighted by Gasteiger charge is -2.26. The second-order valence-corrected chi connectivity index (χ2v) is 18.4. The molecule has 0 aromatic carbocycles. The van der Waals surface area contributed by atoms with Gasteiger partial charge >= 0.3 is 11.9 Å². The summed E-state index contributed by atoms with van der Waals surface area (Å²) in [6.45, 7) is 4.44. The molecule has 0 aliphatic heterocycles. The number of carbonyl (C=O) groups is 3. The lowest BCUT2D eigenvalue weighted by Crippen LogP contribution is -2.44. The zero-order valence-corrected chi connectivity index (χ0v) is 44.1. The summed E-state index contributed by atoms with van der Waals surface area (Å²) in [4.78, 5) is 37.2. The van der Waals surface area contributed by atoms with E-state index in [9.17, 15) is 19.5 Å². The van der Waals surface area contributed by atoms with Crippen molar-refractivity contribution in [2.45, 2.75) is 193 Å². The number of unbranched alkanes of at least 4 members (excludes halogenated alkanes) is 12. The van der Waals surface area contributed by atoms with E-state index in [-0.39, 0.29) is 38.6 Å². The molecule has 0 radical (unpaired) electrons. The maximum Gasteiger partial charge on any atom is 0.306 e. The normalized spacial score (nSPS) is 13.8. The molecule has 0 amide bonds. The molecule has 0 aromatic heterocycles. The van der Waals surface area contributed by atoms with E-state index in [0.29, 0.717) is 17.4 Å². The van der Waals surface area contributed by atoms with E-state index in [2.05, 4.69) is 135 Å². The van der Waals surface area contributed by atoms with E-state index in [0.717, 1.165) is 109 Å². The third kappa shape index (κ3) is 51.4. The predicted octanol–water partition coefficient (Wildman–Crippen LogP) is 14.0. The highest BCUT2D eigenvalue weighted by atomic mass is 16.7. The second kappa shape index (κ2) is 50.1. The Hall–Kier alpha value is -4.31. The zero-order chi connectivity index (χ0) is 50.6. The molecule has 2 unspecified atom stereocenters. The van der Waals surface area contributed by atoms with Crippen LogP contribution < -0.4 is 5.11 Å². The standard InChI is InChI=1S/C60H97NO8/c1-6-8-10-12-14-16-18-20-22-24-26-28-29-31-32-34-36-38-40-42-44-46-48-50-57(62)67-54-56(55-68-60(59(64)65)66-53-52-61(3,4)5)69-58(63)51-49-47-45-43-41-39-37-35-33-30-27-25-23-21-19-17-15-13-11-9-7-2/h8-11,14-17,20-23,26-28,30,35,37,41,43,56,60H,6-7,12-13,18-19,24-25,29,31-34,36,38-40,42,44-55H2,1-5H3/b10-8-,11-9-,16-14-,17-15-,22-20-,23-21-,28-26-,30-27-,37-35-,43-41-.